The lowest BCUT2D eigenvalue weighted by molar-refractivity contribution is -0.385. The number of ether oxygens (including phenoxy) is 1. The molecule has 1 aromatic heterocycles. The van der Waals surface area contributed by atoms with Crippen LogP contribution in [0, 0.1) is 10.1 Å². The maximum absolute atomic E-state index is 12.4. The fourth-order valence-corrected chi connectivity index (χ4v) is 3.44. The molecule has 1 amide bonds. The van der Waals surface area contributed by atoms with Crippen LogP contribution in [0.1, 0.15) is 36.7 Å². The van der Waals surface area contributed by atoms with E-state index in [1.165, 1.54) is 18.3 Å². The molecule has 1 heterocycles. The van der Waals surface area contributed by atoms with Crippen molar-refractivity contribution in [2.75, 3.05) is 6.61 Å². The van der Waals surface area contributed by atoms with E-state index in [2.05, 4.69) is 34.3 Å². The molecule has 0 fully saturated rings. The van der Waals surface area contributed by atoms with Gasteiger partial charge in [-0.15, -0.1) is 0 Å². The van der Waals surface area contributed by atoms with E-state index in [4.69, 9.17) is 4.74 Å². The van der Waals surface area contributed by atoms with Gasteiger partial charge < -0.3 is 9.72 Å². The van der Waals surface area contributed by atoms with Crippen LogP contribution in [0.4, 0.5) is 5.69 Å². The number of aromatic nitrogens is 2. The molecule has 3 rings (SSSR count). The Morgan fingerprint density at radius 1 is 1.37 bits per heavy atom. The van der Waals surface area contributed by atoms with Crippen molar-refractivity contribution < 1.29 is 14.5 Å². The van der Waals surface area contributed by atoms with Crippen LogP contribution in [0.25, 0.3) is 11.0 Å². The van der Waals surface area contributed by atoms with Crippen LogP contribution >= 0.6 is 11.8 Å². The molecule has 0 aliphatic rings. The van der Waals surface area contributed by atoms with Crippen LogP contribution in [-0.4, -0.2) is 38.9 Å². The third-order valence-corrected chi connectivity index (χ3v) is 4.82. The quantitative estimate of drug-likeness (QED) is 0.241. The van der Waals surface area contributed by atoms with Gasteiger partial charge in [0.2, 0.25) is 0 Å². The molecule has 156 valence electrons. The first-order valence-corrected chi connectivity index (χ1v) is 10.2. The Bertz CT molecular complexity index is 1110. The summed E-state index contributed by atoms with van der Waals surface area (Å²) in [6.07, 6.45) is 1.34. The van der Waals surface area contributed by atoms with Crippen molar-refractivity contribution in [3.63, 3.8) is 0 Å². The number of rotatable bonds is 8. The molecule has 9 nitrogen and oxygen atoms in total. The number of imidazole rings is 1. The fourth-order valence-electron chi connectivity index (χ4n) is 2.67. The maximum Gasteiger partial charge on any atom is 0.311 e. The van der Waals surface area contributed by atoms with Crippen LogP contribution in [0.5, 0.6) is 5.75 Å². The summed E-state index contributed by atoms with van der Waals surface area (Å²) < 4.78 is 5.25. The minimum Gasteiger partial charge on any atom is -0.487 e. The standard InChI is InChI=1S/C20H21N5O4S/c1-4-29-18-8-5-13(9-17(18)25(27)28)11-21-24-19(26)14-6-7-15-16(10-14)23-20(22-15)30-12(2)3/h5-12H,4H2,1-3H3,(H,22,23)(H,24,26)/b21-11-. The predicted molar refractivity (Wildman–Crippen MR) is 116 cm³/mol. The van der Waals surface area contributed by atoms with Crippen molar-refractivity contribution in [3.8, 4) is 5.75 Å². The fraction of sp³-hybridized carbons (Fsp3) is 0.250. The number of nitro benzene ring substituents is 1. The number of hydrazone groups is 1. The third kappa shape index (κ3) is 5.15. The number of nitro groups is 1. The number of thioether (sulfide) groups is 1. The highest BCUT2D eigenvalue weighted by Gasteiger charge is 2.15. The first-order chi connectivity index (χ1) is 14.4. The Morgan fingerprint density at radius 2 is 2.17 bits per heavy atom. The molecular formula is C20H21N5O4S. The zero-order chi connectivity index (χ0) is 21.7. The molecule has 2 N–H and O–H groups in total. The zero-order valence-corrected chi connectivity index (χ0v) is 17.5. The lowest BCUT2D eigenvalue weighted by Crippen LogP contribution is -2.17. The summed E-state index contributed by atoms with van der Waals surface area (Å²) in [5.41, 5.74) is 4.69. The lowest BCUT2D eigenvalue weighted by atomic mass is 10.2. The largest absolute Gasteiger partial charge is 0.487 e. The van der Waals surface area contributed by atoms with E-state index >= 15 is 0 Å². The van der Waals surface area contributed by atoms with Gasteiger partial charge in [-0.05, 0) is 37.3 Å². The average Bonchev–Trinajstić information content (AvgIpc) is 3.09. The second-order valence-electron chi connectivity index (χ2n) is 6.56. The topological polar surface area (TPSA) is 123 Å². The molecule has 0 saturated heterocycles. The molecule has 0 unspecified atom stereocenters. The SMILES string of the molecule is CCOc1ccc(/C=N\NC(=O)c2ccc3nc(SC(C)C)[nH]c3c2)cc1[N+](=O)[O-]. The molecule has 0 bridgehead atoms. The second-order valence-corrected chi connectivity index (χ2v) is 8.12. The van der Waals surface area contributed by atoms with E-state index in [-0.39, 0.29) is 11.4 Å². The molecule has 0 aliphatic carbocycles. The van der Waals surface area contributed by atoms with E-state index in [1.807, 2.05) is 0 Å². The summed E-state index contributed by atoms with van der Waals surface area (Å²) in [6.45, 7) is 6.23. The zero-order valence-electron chi connectivity index (χ0n) is 16.7. The molecule has 3 aromatic rings. The number of nitrogens with one attached hydrogen (secondary N) is 2. The number of hydrogen-bond donors (Lipinski definition) is 2. The van der Waals surface area contributed by atoms with E-state index in [0.717, 1.165) is 16.2 Å². The lowest BCUT2D eigenvalue weighted by Gasteiger charge is -2.04. The van der Waals surface area contributed by atoms with Gasteiger partial charge in [-0.3, -0.25) is 14.9 Å². The van der Waals surface area contributed by atoms with Gasteiger partial charge in [0, 0.05) is 22.4 Å². The van der Waals surface area contributed by atoms with Crippen molar-refractivity contribution in [2.24, 2.45) is 5.10 Å². The summed E-state index contributed by atoms with van der Waals surface area (Å²) >= 11 is 1.61. The van der Waals surface area contributed by atoms with Gasteiger partial charge in [0.1, 0.15) is 0 Å². The van der Waals surface area contributed by atoms with Crippen molar-refractivity contribution in [3.05, 3.63) is 57.6 Å². The van der Waals surface area contributed by atoms with Gasteiger partial charge in [0.05, 0.1) is 28.8 Å². The Balaban J connectivity index is 1.71. The first kappa shape index (κ1) is 21.3. The number of amides is 1. The molecule has 0 spiro atoms. The minimum atomic E-state index is -0.521. The molecule has 10 heteroatoms. The number of fused-ring (bicyclic) bond motifs is 1. The molecular weight excluding hydrogens is 406 g/mol. The summed E-state index contributed by atoms with van der Waals surface area (Å²) in [7, 11) is 0. The Kier molecular flexibility index (Phi) is 6.68. The third-order valence-electron chi connectivity index (χ3n) is 3.93. The van der Waals surface area contributed by atoms with Crippen molar-refractivity contribution in [1.82, 2.24) is 15.4 Å². The summed E-state index contributed by atoms with van der Waals surface area (Å²) in [6, 6.07) is 9.61. The number of benzene rings is 2. The number of H-pyrrole nitrogens is 1. The molecule has 30 heavy (non-hydrogen) atoms. The summed E-state index contributed by atoms with van der Waals surface area (Å²) in [5, 5.41) is 16.3. The summed E-state index contributed by atoms with van der Waals surface area (Å²) in [5.74, 6) is -0.215. The minimum absolute atomic E-state index is 0.160. The number of aromatic amines is 1. The highest BCUT2D eigenvalue weighted by Crippen LogP contribution is 2.27. The smallest absolute Gasteiger partial charge is 0.311 e. The molecule has 0 aliphatic heterocycles. The highest BCUT2D eigenvalue weighted by atomic mass is 32.2. The Hall–Kier alpha value is -3.40. The van der Waals surface area contributed by atoms with Gasteiger partial charge in [-0.1, -0.05) is 25.6 Å². The monoisotopic (exact) mass is 427 g/mol. The normalized spacial score (nSPS) is 11.3. The van der Waals surface area contributed by atoms with Crippen molar-refractivity contribution in [1.29, 1.82) is 0 Å². The number of hydrogen-bond acceptors (Lipinski definition) is 7. The van der Waals surface area contributed by atoms with Gasteiger partial charge >= 0.3 is 5.69 Å². The van der Waals surface area contributed by atoms with E-state index in [1.54, 1.807) is 43.0 Å². The average molecular weight is 427 g/mol. The van der Waals surface area contributed by atoms with Crippen molar-refractivity contribution in [2.45, 2.75) is 31.2 Å². The maximum atomic E-state index is 12.4. The highest BCUT2D eigenvalue weighted by molar-refractivity contribution is 7.99. The van der Waals surface area contributed by atoms with Crippen LogP contribution in [0.3, 0.4) is 0 Å². The van der Waals surface area contributed by atoms with Crippen molar-refractivity contribution >= 4 is 40.6 Å². The first-order valence-electron chi connectivity index (χ1n) is 9.28. The van der Waals surface area contributed by atoms with Crippen LogP contribution in [0.2, 0.25) is 0 Å². The molecule has 0 saturated carbocycles. The van der Waals surface area contributed by atoms with E-state index in [9.17, 15) is 14.9 Å². The molecule has 0 atom stereocenters. The van der Waals surface area contributed by atoms with E-state index < -0.39 is 10.8 Å². The van der Waals surface area contributed by atoms with Gasteiger partial charge in [-0.25, -0.2) is 10.4 Å². The Morgan fingerprint density at radius 3 is 2.87 bits per heavy atom. The van der Waals surface area contributed by atoms with Crippen LogP contribution in [-0.2, 0) is 0 Å². The number of carbonyl (C=O) groups excluding carboxylic acids is 1. The van der Waals surface area contributed by atoms with Gasteiger partial charge in [0.15, 0.2) is 10.9 Å². The van der Waals surface area contributed by atoms with Crippen LogP contribution < -0.4 is 10.2 Å². The predicted octanol–water partition coefficient (Wildman–Crippen LogP) is 4.13. The van der Waals surface area contributed by atoms with Crippen LogP contribution in [0.15, 0.2) is 46.7 Å². The van der Waals surface area contributed by atoms with Gasteiger partial charge in [-0.2, -0.15) is 5.10 Å². The second kappa shape index (κ2) is 9.40. The summed E-state index contributed by atoms with van der Waals surface area (Å²) in [4.78, 5) is 30.7. The van der Waals surface area contributed by atoms with E-state index in [0.29, 0.717) is 23.0 Å². The molecule has 2 aromatic carbocycles. The number of nitrogens with zero attached hydrogens (tertiary/aromatic N) is 3. The molecule has 0 radical (unpaired) electrons. The van der Waals surface area contributed by atoms with Gasteiger partial charge in [0.25, 0.3) is 5.91 Å². The Labute approximate surface area is 177 Å². The number of carbonyl (C=O) groups is 1.